The van der Waals surface area contributed by atoms with E-state index in [0.717, 1.165) is 6.42 Å². The highest BCUT2D eigenvalue weighted by Gasteiger charge is 2.38. The van der Waals surface area contributed by atoms with Crippen LogP contribution in [0.5, 0.6) is 0 Å². The number of benzene rings is 1. The van der Waals surface area contributed by atoms with Gasteiger partial charge in [-0.2, -0.15) is 13.2 Å². The van der Waals surface area contributed by atoms with Crippen molar-refractivity contribution in [2.24, 2.45) is 0 Å². The first-order valence-electron chi connectivity index (χ1n) is 6.45. The third-order valence-corrected chi connectivity index (χ3v) is 2.81. The second kappa shape index (κ2) is 6.78. The second-order valence-corrected chi connectivity index (χ2v) is 5.30. The van der Waals surface area contributed by atoms with E-state index in [0.29, 0.717) is 0 Å². The monoisotopic (exact) mass is 318 g/mol. The van der Waals surface area contributed by atoms with E-state index in [-0.39, 0.29) is 17.6 Å². The Morgan fingerprint density at radius 2 is 1.77 bits per heavy atom. The SMILES string of the molecule is CC1(C)NC(=O)[C@H](Cc2ccccc2)N1.O=C(O)C(F)(F)F. The summed E-state index contributed by atoms with van der Waals surface area (Å²) in [6.45, 7) is 3.94. The quantitative estimate of drug-likeness (QED) is 0.775. The summed E-state index contributed by atoms with van der Waals surface area (Å²) in [4.78, 5) is 20.5. The summed E-state index contributed by atoms with van der Waals surface area (Å²) >= 11 is 0. The molecule has 3 N–H and O–H groups in total. The fourth-order valence-electron chi connectivity index (χ4n) is 1.93. The number of alkyl halides is 3. The molecule has 122 valence electrons. The minimum absolute atomic E-state index is 0.0869. The van der Waals surface area contributed by atoms with Crippen molar-refractivity contribution in [2.75, 3.05) is 0 Å². The Morgan fingerprint density at radius 1 is 1.27 bits per heavy atom. The van der Waals surface area contributed by atoms with Crippen LogP contribution in [0.15, 0.2) is 30.3 Å². The maximum atomic E-state index is 11.6. The van der Waals surface area contributed by atoms with E-state index in [1.54, 1.807) is 0 Å². The second-order valence-electron chi connectivity index (χ2n) is 5.30. The van der Waals surface area contributed by atoms with Crippen molar-refractivity contribution in [3.63, 3.8) is 0 Å². The molecule has 1 fully saturated rings. The molecule has 5 nitrogen and oxygen atoms in total. The number of nitrogens with one attached hydrogen (secondary N) is 2. The van der Waals surface area contributed by atoms with Gasteiger partial charge in [-0.1, -0.05) is 30.3 Å². The predicted octanol–water partition coefficient (Wildman–Crippen LogP) is 1.69. The van der Waals surface area contributed by atoms with Gasteiger partial charge in [0.05, 0.1) is 11.7 Å². The van der Waals surface area contributed by atoms with E-state index < -0.39 is 12.1 Å². The van der Waals surface area contributed by atoms with Crippen LogP contribution < -0.4 is 10.6 Å². The Bertz CT molecular complexity index is 530. The van der Waals surface area contributed by atoms with Gasteiger partial charge < -0.3 is 10.4 Å². The molecule has 1 atom stereocenters. The first-order chi connectivity index (χ1) is 10.0. The van der Waals surface area contributed by atoms with E-state index in [9.17, 15) is 18.0 Å². The average Bonchev–Trinajstić information content (AvgIpc) is 2.63. The first-order valence-corrected chi connectivity index (χ1v) is 6.45. The van der Waals surface area contributed by atoms with Crippen LogP contribution in [-0.4, -0.2) is 34.9 Å². The van der Waals surface area contributed by atoms with Crippen molar-refractivity contribution < 1.29 is 27.9 Å². The van der Waals surface area contributed by atoms with Gasteiger partial charge in [-0.15, -0.1) is 0 Å². The van der Waals surface area contributed by atoms with Crippen LogP contribution in [0, 0.1) is 0 Å². The maximum Gasteiger partial charge on any atom is 0.490 e. The Balaban J connectivity index is 0.000000295. The summed E-state index contributed by atoms with van der Waals surface area (Å²) < 4.78 is 31.7. The zero-order valence-corrected chi connectivity index (χ0v) is 12.1. The molecule has 0 unspecified atom stereocenters. The van der Waals surface area contributed by atoms with Gasteiger partial charge in [-0.3, -0.25) is 10.1 Å². The van der Waals surface area contributed by atoms with Crippen molar-refractivity contribution in [3.8, 4) is 0 Å². The standard InChI is InChI=1S/C12H16N2O.C2HF3O2/c1-12(2)13-10(11(15)14-12)8-9-6-4-3-5-7-9;3-2(4,5)1(6)7/h3-7,10,13H,8H2,1-2H3,(H,14,15);(H,6,7)/t10-;/m0./s1. The summed E-state index contributed by atoms with van der Waals surface area (Å²) in [6, 6.07) is 9.94. The summed E-state index contributed by atoms with van der Waals surface area (Å²) in [5, 5.41) is 13.3. The molecule has 1 amide bonds. The number of carbonyl (C=O) groups is 2. The highest BCUT2D eigenvalue weighted by Crippen LogP contribution is 2.13. The van der Waals surface area contributed by atoms with Gasteiger partial charge in [0.25, 0.3) is 0 Å². The van der Waals surface area contributed by atoms with Gasteiger partial charge in [-0.25, -0.2) is 4.79 Å². The third-order valence-electron chi connectivity index (χ3n) is 2.81. The summed E-state index contributed by atoms with van der Waals surface area (Å²) in [7, 11) is 0. The van der Waals surface area contributed by atoms with Crippen LogP contribution in [0.2, 0.25) is 0 Å². The largest absolute Gasteiger partial charge is 0.490 e. The number of halogens is 3. The normalized spacial score (nSPS) is 19.9. The number of carbonyl (C=O) groups excluding carboxylic acids is 1. The zero-order valence-electron chi connectivity index (χ0n) is 12.1. The van der Waals surface area contributed by atoms with Gasteiger partial charge in [0.2, 0.25) is 5.91 Å². The molecule has 22 heavy (non-hydrogen) atoms. The van der Waals surface area contributed by atoms with Crippen molar-refractivity contribution in [2.45, 2.75) is 38.1 Å². The van der Waals surface area contributed by atoms with Gasteiger partial charge in [0, 0.05) is 0 Å². The van der Waals surface area contributed by atoms with Crippen molar-refractivity contribution in [3.05, 3.63) is 35.9 Å². The molecule has 0 aromatic heterocycles. The van der Waals surface area contributed by atoms with Crippen molar-refractivity contribution in [1.29, 1.82) is 0 Å². The lowest BCUT2D eigenvalue weighted by atomic mass is 10.1. The molecule has 0 bridgehead atoms. The molecule has 0 saturated carbocycles. The molecule has 0 spiro atoms. The summed E-state index contributed by atoms with van der Waals surface area (Å²) in [5.41, 5.74) is 0.902. The molecule has 8 heteroatoms. The maximum absolute atomic E-state index is 11.6. The fraction of sp³-hybridized carbons (Fsp3) is 0.429. The summed E-state index contributed by atoms with van der Waals surface area (Å²) in [6.07, 6.45) is -4.34. The lowest BCUT2D eigenvalue weighted by molar-refractivity contribution is -0.192. The number of hydrogen-bond donors (Lipinski definition) is 3. The first kappa shape index (κ1) is 18.0. The van der Waals surface area contributed by atoms with Gasteiger partial charge in [0.15, 0.2) is 0 Å². The van der Waals surface area contributed by atoms with Crippen LogP contribution >= 0.6 is 0 Å². The Labute approximate surface area is 125 Å². The van der Waals surface area contributed by atoms with E-state index in [4.69, 9.17) is 9.90 Å². The Kier molecular flexibility index (Phi) is 5.54. The van der Waals surface area contributed by atoms with E-state index in [1.165, 1.54) is 5.56 Å². The minimum atomic E-state index is -5.08. The molecule has 1 heterocycles. The molecular weight excluding hydrogens is 301 g/mol. The van der Waals surface area contributed by atoms with Gasteiger partial charge in [-0.05, 0) is 25.8 Å². The van der Waals surface area contributed by atoms with E-state index >= 15 is 0 Å². The molecule has 1 saturated heterocycles. The van der Waals surface area contributed by atoms with Gasteiger partial charge >= 0.3 is 12.1 Å². The molecular formula is C14H17F3N2O3. The van der Waals surface area contributed by atoms with E-state index in [1.807, 2.05) is 44.2 Å². The zero-order chi connectivity index (χ0) is 17.0. The number of carboxylic acids is 1. The molecule has 2 rings (SSSR count). The van der Waals surface area contributed by atoms with E-state index in [2.05, 4.69) is 10.6 Å². The molecule has 1 aliphatic heterocycles. The van der Waals surface area contributed by atoms with Crippen LogP contribution in [0.3, 0.4) is 0 Å². The Morgan fingerprint density at radius 3 is 2.14 bits per heavy atom. The van der Waals surface area contributed by atoms with Crippen molar-refractivity contribution in [1.82, 2.24) is 10.6 Å². The lowest BCUT2D eigenvalue weighted by Crippen LogP contribution is -2.44. The molecule has 1 aliphatic rings. The number of rotatable bonds is 2. The average molecular weight is 318 g/mol. The number of amides is 1. The number of aliphatic carboxylic acids is 1. The minimum Gasteiger partial charge on any atom is -0.475 e. The number of carboxylic acid groups (broad SMARTS) is 1. The molecule has 1 aromatic carbocycles. The molecule has 0 aliphatic carbocycles. The lowest BCUT2D eigenvalue weighted by Gasteiger charge is -2.18. The van der Waals surface area contributed by atoms with Crippen LogP contribution in [0.1, 0.15) is 19.4 Å². The summed E-state index contributed by atoms with van der Waals surface area (Å²) in [5.74, 6) is -2.67. The highest BCUT2D eigenvalue weighted by atomic mass is 19.4. The third kappa shape index (κ3) is 5.72. The van der Waals surface area contributed by atoms with Crippen LogP contribution in [0.4, 0.5) is 13.2 Å². The van der Waals surface area contributed by atoms with Gasteiger partial charge in [0.1, 0.15) is 0 Å². The topological polar surface area (TPSA) is 78.4 Å². The predicted molar refractivity (Wildman–Crippen MR) is 73.0 cm³/mol. The highest BCUT2D eigenvalue weighted by molar-refractivity contribution is 5.85. The number of hydrogen-bond acceptors (Lipinski definition) is 3. The van der Waals surface area contributed by atoms with Crippen molar-refractivity contribution >= 4 is 11.9 Å². The Hall–Kier alpha value is -2.09. The molecule has 1 aromatic rings. The van der Waals surface area contributed by atoms with Crippen LogP contribution in [-0.2, 0) is 16.0 Å². The molecule has 0 radical (unpaired) electrons. The fourth-order valence-corrected chi connectivity index (χ4v) is 1.93. The van der Waals surface area contributed by atoms with Crippen LogP contribution in [0.25, 0.3) is 0 Å². The smallest absolute Gasteiger partial charge is 0.475 e.